The zero-order valence-corrected chi connectivity index (χ0v) is 19.6. The molecule has 0 radical (unpaired) electrons. The van der Waals surface area contributed by atoms with Gasteiger partial charge < -0.3 is 29.1 Å². The molecule has 3 aromatic carbocycles. The molecular weight excluding hydrogens is 488 g/mol. The summed E-state index contributed by atoms with van der Waals surface area (Å²) in [6.07, 6.45) is 0. The fraction of sp³-hybridized carbons (Fsp3) is 0.0690. The minimum atomic E-state index is -0.970. The lowest BCUT2D eigenvalue weighted by Gasteiger charge is -2.27. The van der Waals surface area contributed by atoms with Crippen molar-refractivity contribution in [3.63, 3.8) is 0 Å². The van der Waals surface area contributed by atoms with Gasteiger partial charge in [-0.05, 0) is 30.3 Å². The third-order valence-corrected chi connectivity index (χ3v) is 6.38. The smallest absolute Gasteiger partial charge is 0.344 e. The topological polar surface area (TPSA) is 149 Å². The molecule has 186 valence electrons. The van der Waals surface area contributed by atoms with Crippen molar-refractivity contribution in [3.05, 3.63) is 122 Å². The maximum absolute atomic E-state index is 13.2. The minimum Gasteiger partial charge on any atom is -0.508 e. The van der Waals surface area contributed by atoms with Crippen LogP contribution in [0.4, 0.5) is 0 Å². The Kier molecular flexibility index (Phi) is 5.35. The normalized spacial score (nSPS) is 14.7. The van der Waals surface area contributed by atoms with Crippen LogP contribution < -0.4 is 26.5 Å². The number of ether oxygens (including phenoxy) is 2. The average Bonchev–Trinajstić information content (AvgIpc) is 2.91. The highest BCUT2D eigenvalue weighted by Crippen LogP contribution is 2.46. The number of nitrogens with zero attached hydrogens (tertiary/aromatic N) is 1. The van der Waals surface area contributed by atoms with Crippen molar-refractivity contribution in [1.29, 1.82) is 5.26 Å². The van der Waals surface area contributed by atoms with Gasteiger partial charge in [0, 0.05) is 17.0 Å². The van der Waals surface area contributed by atoms with Gasteiger partial charge in [-0.2, -0.15) is 5.26 Å². The summed E-state index contributed by atoms with van der Waals surface area (Å²) < 4.78 is 22.7. The molecule has 0 amide bonds. The van der Waals surface area contributed by atoms with Crippen LogP contribution in [-0.4, -0.2) is 5.11 Å². The van der Waals surface area contributed by atoms with Crippen molar-refractivity contribution in [2.75, 3.05) is 0 Å². The Hall–Kier alpha value is -5.49. The van der Waals surface area contributed by atoms with E-state index in [1.165, 1.54) is 18.2 Å². The Bertz CT molecular complexity index is 1950. The fourth-order valence-electron chi connectivity index (χ4n) is 4.63. The summed E-state index contributed by atoms with van der Waals surface area (Å²) in [7, 11) is 0. The predicted octanol–water partition coefficient (Wildman–Crippen LogP) is 4.40. The van der Waals surface area contributed by atoms with Gasteiger partial charge in [-0.25, -0.2) is 9.59 Å². The molecule has 0 saturated heterocycles. The van der Waals surface area contributed by atoms with Gasteiger partial charge in [-0.15, -0.1) is 0 Å². The van der Waals surface area contributed by atoms with Crippen LogP contribution in [0.15, 0.2) is 103 Å². The van der Waals surface area contributed by atoms with Crippen molar-refractivity contribution in [1.82, 2.24) is 0 Å². The van der Waals surface area contributed by atoms with Gasteiger partial charge in [0.1, 0.15) is 40.9 Å². The summed E-state index contributed by atoms with van der Waals surface area (Å²) in [6, 6.07) is 22.0. The number of hydrogen-bond donors (Lipinski definition) is 2. The van der Waals surface area contributed by atoms with Gasteiger partial charge in [-0.1, -0.05) is 36.4 Å². The van der Waals surface area contributed by atoms with Crippen LogP contribution in [0.3, 0.4) is 0 Å². The first-order chi connectivity index (χ1) is 18.4. The van der Waals surface area contributed by atoms with Gasteiger partial charge >= 0.3 is 11.3 Å². The van der Waals surface area contributed by atoms with Crippen molar-refractivity contribution in [2.24, 2.45) is 5.73 Å². The van der Waals surface area contributed by atoms with Crippen molar-refractivity contribution < 1.29 is 23.4 Å². The maximum atomic E-state index is 13.2. The molecule has 1 aliphatic heterocycles. The Balaban J connectivity index is 1.47. The number of para-hydroxylation sites is 2. The van der Waals surface area contributed by atoms with E-state index in [1.807, 2.05) is 18.2 Å². The van der Waals surface area contributed by atoms with Gasteiger partial charge in [0.15, 0.2) is 5.75 Å². The molecule has 0 fully saturated rings. The standard InChI is InChI=1S/C29H18N2O7/c30-13-20-24(25-26(38-27(20)31)19-10-9-17(32)12-23(19)37-29(25)34)18-6-2-4-8-22(18)35-14-16-11-15-5-1-3-7-21(15)36-28(16)33/h1-12,24,32H,14,31H2. The lowest BCUT2D eigenvalue weighted by atomic mass is 9.83. The van der Waals surface area contributed by atoms with Gasteiger partial charge in [0.05, 0.1) is 22.4 Å². The summed E-state index contributed by atoms with van der Waals surface area (Å²) in [5.41, 5.74) is 6.25. The molecule has 0 bridgehead atoms. The van der Waals surface area contributed by atoms with Crippen LogP contribution in [-0.2, 0) is 6.61 Å². The number of hydrogen-bond acceptors (Lipinski definition) is 9. The van der Waals surface area contributed by atoms with E-state index < -0.39 is 17.2 Å². The molecule has 6 rings (SSSR count). The molecule has 1 atom stereocenters. The molecule has 3 heterocycles. The largest absolute Gasteiger partial charge is 0.508 e. The van der Waals surface area contributed by atoms with E-state index in [9.17, 15) is 20.0 Å². The fourth-order valence-corrected chi connectivity index (χ4v) is 4.63. The Morgan fingerprint density at radius 1 is 0.947 bits per heavy atom. The number of allylic oxidation sites excluding steroid dienone is 1. The molecule has 0 saturated carbocycles. The van der Waals surface area contributed by atoms with Gasteiger partial charge in [-0.3, -0.25) is 0 Å². The number of nitrogens with two attached hydrogens (primary N) is 1. The van der Waals surface area contributed by atoms with E-state index in [0.717, 1.165) is 5.39 Å². The molecule has 0 aliphatic carbocycles. The van der Waals surface area contributed by atoms with Crippen LogP contribution in [0.2, 0.25) is 0 Å². The van der Waals surface area contributed by atoms with Crippen molar-refractivity contribution in [3.8, 4) is 23.3 Å². The number of aromatic hydroxyl groups is 1. The van der Waals surface area contributed by atoms with E-state index >= 15 is 0 Å². The summed E-state index contributed by atoms with van der Waals surface area (Å²) in [4.78, 5) is 25.7. The molecule has 1 unspecified atom stereocenters. The molecule has 5 aromatic rings. The number of nitriles is 1. The van der Waals surface area contributed by atoms with Crippen LogP contribution in [0.5, 0.6) is 17.2 Å². The van der Waals surface area contributed by atoms with E-state index in [-0.39, 0.29) is 40.7 Å². The summed E-state index contributed by atoms with van der Waals surface area (Å²) in [5, 5.41) is 20.9. The summed E-state index contributed by atoms with van der Waals surface area (Å²) in [6.45, 7) is -0.118. The first-order valence-electron chi connectivity index (χ1n) is 11.6. The van der Waals surface area contributed by atoms with E-state index in [4.69, 9.17) is 24.0 Å². The first kappa shape index (κ1) is 22.9. The summed E-state index contributed by atoms with van der Waals surface area (Å²) >= 11 is 0. The lowest BCUT2D eigenvalue weighted by Crippen LogP contribution is -2.26. The monoisotopic (exact) mass is 506 g/mol. The Morgan fingerprint density at radius 2 is 1.71 bits per heavy atom. The maximum Gasteiger partial charge on any atom is 0.344 e. The van der Waals surface area contributed by atoms with Crippen molar-refractivity contribution in [2.45, 2.75) is 12.5 Å². The first-order valence-corrected chi connectivity index (χ1v) is 11.6. The SMILES string of the molecule is N#CC1=C(N)Oc2c(c(=O)oc3cc(O)ccc23)C1c1ccccc1OCc1cc2ccccc2oc1=O. The third kappa shape index (κ3) is 3.72. The number of phenols is 1. The van der Waals surface area contributed by atoms with Crippen LogP contribution in [0, 0.1) is 11.3 Å². The molecule has 1 aliphatic rings. The lowest BCUT2D eigenvalue weighted by molar-refractivity contribution is 0.295. The minimum absolute atomic E-state index is 0.00389. The van der Waals surface area contributed by atoms with Gasteiger partial charge in [0.25, 0.3) is 0 Å². The zero-order valence-electron chi connectivity index (χ0n) is 19.6. The predicted molar refractivity (Wildman–Crippen MR) is 137 cm³/mol. The molecule has 38 heavy (non-hydrogen) atoms. The molecular formula is C29H18N2O7. The second kappa shape index (κ2) is 8.87. The van der Waals surface area contributed by atoms with Crippen LogP contribution in [0.25, 0.3) is 21.9 Å². The second-order valence-electron chi connectivity index (χ2n) is 8.66. The number of benzene rings is 3. The third-order valence-electron chi connectivity index (χ3n) is 6.38. The number of rotatable bonds is 4. The Labute approximate surface area is 214 Å². The Morgan fingerprint density at radius 3 is 2.55 bits per heavy atom. The van der Waals surface area contributed by atoms with Crippen molar-refractivity contribution >= 4 is 21.9 Å². The molecule has 9 nitrogen and oxygen atoms in total. The molecule has 3 N–H and O–H groups in total. The molecule has 2 aromatic heterocycles. The number of fused-ring (bicyclic) bond motifs is 4. The second-order valence-corrected chi connectivity index (χ2v) is 8.66. The molecule has 0 spiro atoms. The van der Waals surface area contributed by atoms with E-state index in [0.29, 0.717) is 27.8 Å². The van der Waals surface area contributed by atoms with E-state index in [1.54, 1.807) is 42.5 Å². The van der Waals surface area contributed by atoms with E-state index in [2.05, 4.69) is 0 Å². The highest BCUT2D eigenvalue weighted by Gasteiger charge is 2.37. The highest BCUT2D eigenvalue weighted by molar-refractivity contribution is 5.87. The summed E-state index contributed by atoms with van der Waals surface area (Å²) in [5.74, 6) is -0.783. The average molecular weight is 506 g/mol. The van der Waals surface area contributed by atoms with Crippen LogP contribution in [0.1, 0.15) is 22.6 Å². The van der Waals surface area contributed by atoms with Crippen LogP contribution >= 0.6 is 0 Å². The molecule has 9 heteroatoms. The van der Waals surface area contributed by atoms with Gasteiger partial charge in [0.2, 0.25) is 5.88 Å². The quantitative estimate of drug-likeness (QED) is 0.338. The highest BCUT2D eigenvalue weighted by atomic mass is 16.5. The number of phenolic OH excluding ortho intramolecular Hbond substituents is 1. The zero-order chi connectivity index (χ0) is 26.4.